The number of methoxy groups -OCH3 is 1. The molecule has 3 aromatic rings. The number of nitrogens with one attached hydrogen (secondary N) is 1. The first-order valence-electron chi connectivity index (χ1n) is 11.5. The van der Waals surface area contributed by atoms with Gasteiger partial charge in [-0.2, -0.15) is 0 Å². The largest absolute Gasteiger partial charge is 0.496 e. The second-order valence-electron chi connectivity index (χ2n) is 9.57. The van der Waals surface area contributed by atoms with Crippen LogP contribution in [0.5, 0.6) is 11.5 Å². The number of anilines is 1. The highest BCUT2D eigenvalue weighted by Crippen LogP contribution is 2.33. The SMILES string of the molecule is COc1ccc(/C=C2/NC(=S)N(c3ccccc3)C2=O)cc1COc1cc(C)ccc1C(C)(C)C. The summed E-state index contributed by atoms with van der Waals surface area (Å²) < 4.78 is 11.9. The van der Waals surface area contributed by atoms with Crippen molar-refractivity contribution in [3.63, 3.8) is 0 Å². The fourth-order valence-corrected chi connectivity index (χ4v) is 4.34. The molecule has 1 fully saturated rings. The summed E-state index contributed by atoms with van der Waals surface area (Å²) in [5.41, 5.74) is 5.13. The monoisotopic (exact) mass is 486 g/mol. The van der Waals surface area contributed by atoms with Crippen LogP contribution < -0.4 is 19.7 Å². The van der Waals surface area contributed by atoms with Crippen LogP contribution in [0, 0.1) is 6.92 Å². The summed E-state index contributed by atoms with van der Waals surface area (Å²) in [6.07, 6.45) is 1.80. The molecule has 5 nitrogen and oxygen atoms in total. The van der Waals surface area contributed by atoms with Crippen LogP contribution in [0.1, 0.15) is 43.0 Å². The van der Waals surface area contributed by atoms with E-state index in [1.807, 2.05) is 48.5 Å². The molecule has 180 valence electrons. The molecule has 0 saturated carbocycles. The first-order valence-corrected chi connectivity index (χ1v) is 11.9. The molecule has 1 aliphatic heterocycles. The summed E-state index contributed by atoms with van der Waals surface area (Å²) in [5, 5.41) is 3.40. The quantitative estimate of drug-likeness (QED) is 0.335. The van der Waals surface area contributed by atoms with Gasteiger partial charge in [-0.25, -0.2) is 0 Å². The second kappa shape index (κ2) is 9.92. The zero-order valence-corrected chi connectivity index (χ0v) is 21.5. The number of rotatable bonds is 6. The highest BCUT2D eigenvalue weighted by Gasteiger charge is 2.31. The Morgan fingerprint density at radius 3 is 2.43 bits per heavy atom. The molecule has 0 atom stereocenters. The van der Waals surface area contributed by atoms with Gasteiger partial charge in [0, 0.05) is 5.56 Å². The molecule has 1 aliphatic rings. The molecule has 1 N–H and O–H groups in total. The molecule has 0 radical (unpaired) electrons. The van der Waals surface area contributed by atoms with Crippen molar-refractivity contribution in [2.45, 2.75) is 39.7 Å². The zero-order chi connectivity index (χ0) is 25.2. The van der Waals surface area contributed by atoms with E-state index in [-0.39, 0.29) is 11.3 Å². The van der Waals surface area contributed by atoms with Gasteiger partial charge < -0.3 is 14.8 Å². The lowest BCUT2D eigenvalue weighted by molar-refractivity contribution is -0.113. The predicted octanol–water partition coefficient (Wildman–Crippen LogP) is 6.14. The molecule has 0 spiro atoms. The van der Waals surface area contributed by atoms with Crippen molar-refractivity contribution < 1.29 is 14.3 Å². The lowest BCUT2D eigenvalue weighted by Crippen LogP contribution is -2.30. The Kier molecular flexibility index (Phi) is 6.94. The summed E-state index contributed by atoms with van der Waals surface area (Å²) in [4.78, 5) is 14.6. The molecular weight excluding hydrogens is 456 g/mol. The summed E-state index contributed by atoms with van der Waals surface area (Å²) in [6, 6.07) is 21.4. The molecule has 1 saturated heterocycles. The molecular formula is C29H30N2O3S. The Morgan fingerprint density at radius 2 is 1.74 bits per heavy atom. The topological polar surface area (TPSA) is 50.8 Å². The minimum Gasteiger partial charge on any atom is -0.496 e. The van der Waals surface area contributed by atoms with Crippen LogP contribution in [0.25, 0.3) is 6.08 Å². The number of hydrogen-bond donors (Lipinski definition) is 1. The van der Waals surface area contributed by atoms with Crippen molar-refractivity contribution in [1.82, 2.24) is 5.32 Å². The second-order valence-corrected chi connectivity index (χ2v) is 9.96. The number of carbonyl (C=O) groups excluding carboxylic acids is 1. The Bertz CT molecular complexity index is 1290. The van der Waals surface area contributed by atoms with Gasteiger partial charge in [0.25, 0.3) is 5.91 Å². The van der Waals surface area contributed by atoms with Crippen LogP contribution in [0.3, 0.4) is 0 Å². The lowest BCUT2D eigenvalue weighted by atomic mass is 9.86. The maximum Gasteiger partial charge on any atom is 0.281 e. The average molecular weight is 487 g/mol. The zero-order valence-electron chi connectivity index (χ0n) is 20.7. The summed E-state index contributed by atoms with van der Waals surface area (Å²) in [7, 11) is 1.64. The van der Waals surface area contributed by atoms with E-state index in [1.165, 1.54) is 4.90 Å². The average Bonchev–Trinajstić information content (AvgIpc) is 3.10. The van der Waals surface area contributed by atoms with Crippen LogP contribution in [-0.2, 0) is 16.8 Å². The summed E-state index contributed by atoms with van der Waals surface area (Å²) >= 11 is 5.42. The summed E-state index contributed by atoms with van der Waals surface area (Å²) in [5.74, 6) is 1.40. The number of benzene rings is 3. The fourth-order valence-electron chi connectivity index (χ4n) is 4.04. The van der Waals surface area contributed by atoms with Crippen LogP contribution in [-0.4, -0.2) is 18.1 Å². The van der Waals surface area contributed by atoms with Gasteiger partial charge in [0.15, 0.2) is 5.11 Å². The number of aryl methyl sites for hydroxylation is 1. The van der Waals surface area contributed by atoms with E-state index >= 15 is 0 Å². The minimum atomic E-state index is -0.190. The Hall–Kier alpha value is -3.64. The van der Waals surface area contributed by atoms with Crippen LogP contribution in [0.15, 0.2) is 72.4 Å². The third-order valence-electron chi connectivity index (χ3n) is 5.84. The maximum atomic E-state index is 13.1. The number of amides is 1. The van der Waals surface area contributed by atoms with Crippen molar-refractivity contribution in [1.29, 1.82) is 0 Å². The van der Waals surface area contributed by atoms with E-state index < -0.39 is 0 Å². The number of hydrogen-bond acceptors (Lipinski definition) is 4. The standard InChI is InChI=1S/C29H30N2O3S/c1-19-11-13-23(29(2,3)4)26(15-19)34-18-21-16-20(12-14-25(21)33-5)17-24-27(32)31(28(35)30-24)22-9-7-6-8-10-22/h6-17H,18H2,1-5H3,(H,30,35)/b24-17+. The van der Waals surface area contributed by atoms with E-state index in [9.17, 15) is 4.79 Å². The van der Waals surface area contributed by atoms with Gasteiger partial charge >= 0.3 is 0 Å². The van der Waals surface area contributed by atoms with Crippen LogP contribution in [0.4, 0.5) is 5.69 Å². The van der Waals surface area contributed by atoms with Crippen molar-refractivity contribution in [2.24, 2.45) is 0 Å². The van der Waals surface area contributed by atoms with Crippen molar-refractivity contribution in [2.75, 3.05) is 12.0 Å². The van der Waals surface area contributed by atoms with Crippen LogP contribution >= 0.6 is 12.2 Å². The maximum absolute atomic E-state index is 13.1. The van der Waals surface area contributed by atoms with Gasteiger partial charge in [-0.15, -0.1) is 0 Å². The van der Waals surface area contributed by atoms with E-state index in [0.717, 1.165) is 39.4 Å². The molecule has 0 aliphatic carbocycles. The van der Waals surface area contributed by atoms with Gasteiger partial charge in [-0.05, 0) is 77.7 Å². The van der Waals surface area contributed by atoms with Gasteiger partial charge in [-0.1, -0.05) is 57.2 Å². The molecule has 35 heavy (non-hydrogen) atoms. The third kappa shape index (κ3) is 5.38. The molecule has 0 unspecified atom stereocenters. The van der Waals surface area contributed by atoms with Gasteiger partial charge in [-0.3, -0.25) is 9.69 Å². The lowest BCUT2D eigenvalue weighted by Gasteiger charge is -2.23. The van der Waals surface area contributed by atoms with Crippen molar-refractivity contribution in [3.05, 3.63) is 94.7 Å². The molecule has 1 heterocycles. The number of para-hydroxylation sites is 1. The normalized spacial score (nSPS) is 14.9. The van der Waals surface area contributed by atoms with E-state index in [4.69, 9.17) is 21.7 Å². The molecule has 0 bridgehead atoms. The predicted molar refractivity (Wildman–Crippen MR) is 145 cm³/mol. The van der Waals surface area contributed by atoms with E-state index in [0.29, 0.717) is 17.4 Å². The Morgan fingerprint density at radius 1 is 1.00 bits per heavy atom. The third-order valence-corrected chi connectivity index (χ3v) is 6.12. The fraction of sp³-hybridized carbons (Fsp3) is 0.241. The highest BCUT2D eigenvalue weighted by atomic mass is 32.1. The Labute approximate surface area is 212 Å². The number of thiocarbonyl (C=S) groups is 1. The van der Waals surface area contributed by atoms with Gasteiger partial charge in [0.2, 0.25) is 0 Å². The smallest absolute Gasteiger partial charge is 0.281 e. The first kappa shape index (κ1) is 24.5. The number of ether oxygens (including phenoxy) is 2. The molecule has 6 heteroatoms. The molecule has 3 aromatic carbocycles. The van der Waals surface area contributed by atoms with Gasteiger partial charge in [0.05, 0.1) is 12.8 Å². The molecule has 1 amide bonds. The highest BCUT2D eigenvalue weighted by molar-refractivity contribution is 7.80. The molecule has 0 aromatic heterocycles. The number of carbonyl (C=O) groups is 1. The minimum absolute atomic E-state index is 0.0447. The van der Waals surface area contributed by atoms with Crippen molar-refractivity contribution >= 4 is 35.0 Å². The van der Waals surface area contributed by atoms with Crippen LogP contribution in [0.2, 0.25) is 0 Å². The molecule has 4 rings (SSSR count). The van der Waals surface area contributed by atoms with E-state index in [2.05, 4.69) is 51.2 Å². The van der Waals surface area contributed by atoms with Gasteiger partial charge in [0.1, 0.15) is 23.8 Å². The summed E-state index contributed by atoms with van der Waals surface area (Å²) in [6.45, 7) is 8.91. The number of nitrogens with zero attached hydrogens (tertiary/aromatic N) is 1. The van der Waals surface area contributed by atoms with Crippen molar-refractivity contribution in [3.8, 4) is 11.5 Å². The van der Waals surface area contributed by atoms with E-state index in [1.54, 1.807) is 13.2 Å². The Balaban J connectivity index is 1.60. The first-order chi connectivity index (χ1) is 16.7.